The van der Waals surface area contributed by atoms with Crippen molar-refractivity contribution in [3.8, 4) is 11.5 Å². The van der Waals surface area contributed by atoms with Crippen LogP contribution in [0.4, 0.5) is 13.2 Å². The Balaban J connectivity index is 1.63. The van der Waals surface area contributed by atoms with Gasteiger partial charge in [0.2, 0.25) is 5.91 Å². The number of nitrogens with two attached hydrogens (primary N) is 1. The lowest BCUT2D eigenvalue weighted by molar-refractivity contribution is -0.211. The smallest absolute Gasteiger partial charge is 0.396 e. The van der Waals surface area contributed by atoms with Crippen LogP contribution in [0.1, 0.15) is 114 Å². The number of carbonyl (C=O) groups excluding carboxylic acids is 2. The summed E-state index contributed by atoms with van der Waals surface area (Å²) in [6, 6.07) is 1.59. The first-order valence-electron chi connectivity index (χ1n) is 14.8. The molecule has 0 aromatic heterocycles. The third-order valence-electron chi connectivity index (χ3n) is 12.9. The second kappa shape index (κ2) is 9.30. The number of fused-ring (bicyclic) bond motifs is 7. The third kappa shape index (κ3) is 4.41. The van der Waals surface area contributed by atoms with Crippen molar-refractivity contribution in [2.24, 2.45) is 39.2 Å². The van der Waals surface area contributed by atoms with E-state index in [1.807, 2.05) is 6.92 Å². The summed E-state index contributed by atoms with van der Waals surface area (Å²) in [5, 5.41) is 19.9. The molecule has 0 heterocycles. The Hall–Kier alpha value is -1.90. The Kier molecular flexibility index (Phi) is 6.93. The maximum absolute atomic E-state index is 13.2. The van der Waals surface area contributed by atoms with Gasteiger partial charge in [0, 0.05) is 10.7 Å². The standard InChI is InChI=1S/C32H44F3NO4S/c1-17-24-18(13-19(37)25(17)39)29(4)10-12-31(6)22-15-28(3,26(36)40)8-7-27(22,2)9-11-30(31,5)21(29)14-20(24)41-23(38)16-32(33,34)35/h13,20-22,37,39H,7-12,14-16H2,1-6H3,(H2,36,40)/t20?,21?,22-,27-,28-,29+,30-,31+/m1/s1. The first kappa shape index (κ1) is 30.6. The van der Waals surface area contributed by atoms with Crippen LogP contribution in [0.25, 0.3) is 0 Å². The van der Waals surface area contributed by atoms with Gasteiger partial charge in [-0.3, -0.25) is 9.59 Å². The lowest BCUT2D eigenvalue weighted by Gasteiger charge is -2.72. The number of alkyl halides is 3. The summed E-state index contributed by atoms with van der Waals surface area (Å²) in [5.74, 6) is -0.514. The van der Waals surface area contributed by atoms with E-state index in [1.54, 1.807) is 13.0 Å². The van der Waals surface area contributed by atoms with E-state index in [2.05, 4.69) is 27.7 Å². The van der Waals surface area contributed by atoms with Gasteiger partial charge in [-0.15, -0.1) is 0 Å². The number of phenols is 2. The number of thioether (sulfide) groups is 1. The predicted molar refractivity (Wildman–Crippen MR) is 153 cm³/mol. The van der Waals surface area contributed by atoms with Crippen LogP contribution in [0, 0.1) is 40.4 Å². The molecule has 5 nitrogen and oxygen atoms in total. The van der Waals surface area contributed by atoms with E-state index >= 15 is 0 Å². The summed E-state index contributed by atoms with van der Waals surface area (Å²) in [4.78, 5) is 25.3. The van der Waals surface area contributed by atoms with Gasteiger partial charge in [-0.2, -0.15) is 13.2 Å². The van der Waals surface area contributed by atoms with Crippen LogP contribution in [-0.4, -0.2) is 27.4 Å². The van der Waals surface area contributed by atoms with Crippen molar-refractivity contribution < 1.29 is 33.0 Å². The maximum atomic E-state index is 13.2. The molecule has 4 aliphatic carbocycles. The number of benzene rings is 1. The fourth-order valence-electron chi connectivity index (χ4n) is 10.0. The summed E-state index contributed by atoms with van der Waals surface area (Å²) in [7, 11) is 0. The van der Waals surface area contributed by atoms with E-state index in [9.17, 15) is 33.0 Å². The minimum Gasteiger partial charge on any atom is -0.504 e. The highest BCUT2D eigenvalue weighted by molar-refractivity contribution is 8.13. The topological polar surface area (TPSA) is 101 Å². The third-order valence-corrected chi connectivity index (χ3v) is 14.0. The van der Waals surface area contributed by atoms with Gasteiger partial charge in [-0.1, -0.05) is 46.4 Å². The lowest BCUT2D eigenvalue weighted by Crippen LogP contribution is -2.66. The van der Waals surface area contributed by atoms with E-state index in [4.69, 9.17) is 5.73 Å². The predicted octanol–water partition coefficient (Wildman–Crippen LogP) is 7.84. The van der Waals surface area contributed by atoms with E-state index in [0.29, 0.717) is 17.5 Å². The van der Waals surface area contributed by atoms with E-state index in [1.165, 1.54) is 0 Å². The zero-order chi connectivity index (χ0) is 30.6. The summed E-state index contributed by atoms with van der Waals surface area (Å²) < 4.78 is 39.6. The molecule has 2 unspecified atom stereocenters. The van der Waals surface area contributed by atoms with Gasteiger partial charge >= 0.3 is 6.18 Å². The minimum absolute atomic E-state index is 0.0205. The Morgan fingerprint density at radius 2 is 1.56 bits per heavy atom. The molecule has 228 valence electrons. The molecule has 1 aromatic carbocycles. The molecule has 3 saturated carbocycles. The molecule has 4 aliphatic rings. The van der Waals surface area contributed by atoms with Gasteiger partial charge in [0.05, 0.1) is 0 Å². The Bertz CT molecular complexity index is 1300. The minimum atomic E-state index is -4.60. The molecule has 4 N–H and O–H groups in total. The van der Waals surface area contributed by atoms with Crippen LogP contribution in [0.3, 0.4) is 0 Å². The van der Waals surface area contributed by atoms with E-state index in [-0.39, 0.29) is 45.5 Å². The quantitative estimate of drug-likeness (QED) is 0.309. The highest BCUT2D eigenvalue weighted by Crippen LogP contribution is 2.76. The normalized spacial score (nSPS) is 41.9. The van der Waals surface area contributed by atoms with Crippen molar-refractivity contribution >= 4 is 22.8 Å². The molecule has 1 aromatic rings. The summed E-state index contributed by atoms with van der Waals surface area (Å²) in [6.07, 6.45) is 0.467. The number of phenolic OH excluding ortho intramolecular Hbond substituents is 2. The molecular formula is C32H44F3NO4S. The van der Waals surface area contributed by atoms with Crippen LogP contribution in [0.15, 0.2) is 6.07 Å². The highest BCUT2D eigenvalue weighted by atomic mass is 32.2. The SMILES string of the molecule is Cc1c(O)c(O)cc2c1C(SC(=O)CC(F)(F)F)CC1[C@@]2(C)CC[C@@]2(C)[C@@H]3C[C@](C)(C(N)=O)CC[C@]3(C)CC[C@]12C. The number of hydrogen-bond donors (Lipinski definition) is 3. The molecule has 0 saturated heterocycles. The van der Waals surface area contributed by atoms with Gasteiger partial charge in [0.15, 0.2) is 16.6 Å². The number of hydrogen-bond acceptors (Lipinski definition) is 5. The first-order chi connectivity index (χ1) is 18.7. The molecule has 41 heavy (non-hydrogen) atoms. The molecule has 8 atom stereocenters. The average Bonchev–Trinajstić information content (AvgIpc) is 2.85. The molecule has 9 heteroatoms. The van der Waals surface area contributed by atoms with Crippen molar-refractivity contribution in [2.45, 2.75) is 116 Å². The van der Waals surface area contributed by atoms with Crippen molar-refractivity contribution in [1.82, 2.24) is 0 Å². The second-order valence-electron chi connectivity index (χ2n) is 15.0. The molecule has 1 amide bonds. The van der Waals surface area contributed by atoms with Crippen LogP contribution in [-0.2, 0) is 15.0 Å². The molecule has 0 aliphatic heterocycles. The van der Waals surface area contributed by atoms with Crippen LogP contribution in [0.2, 0.25) is 0 Å². The van der Waals surface area contributed by atoms with Crippen LogP contribution >= 0.6 is 11.8 Å². The maximum Gasteiger partial charge on any atom is 0.396 e. The summed E-state index contributed by atoms with van der Waals surface area (Å²) in [6.45, 7) is 12.9. The number of halogens is 3. The van der Waals surface area contributed by atoms with Gasteiger partial charge in [-0.05, 0) is 115 Å². The molecule has 3 fully saturated rings. The van der Waals surface area contributed by atoms with Crippen LogP contribution in [0.5, 0.6) is 11.5 Å². The Morgan fingerprint density at radius 1 is 0.976 bits per heavy atom. The fraction of sp³-hybridized carbons (Fsp3) is 0.750. The monoisotopic (exact) mass is 595 g/mol. The number of amides is 1. The summed E-state index contributed by atoms with van der Waals surface area (Å²) >= 11 is 0.723. The van der Waals surface area contributed by atoms with E-state index < -0.39 is 33.8 Å². The molecule has 0 bridgehead atoms. The molecule has 0 radical (unpaired) electrons. The number of rotatable bonds is 3. The molecular weight excluding hydrogens is 551 g/mol. The zero-order valence-electron chi connectivity index (χ0n) is 25.0. The van der Waals surface area contributed by atoms with Crippen molar-refractivity contribution in [3.63, 3.8) is 0 Å². The zero-order valence-corrected chi connectivity index (χ0v) is 25.8. The number of primary amides is 1. The van der Waals surface area contributed by atoms with Crippen molar-refractivity contribution in [2.75, 3.05) is 0 Å². The lowest BCUT2D eigenvalue weighted by atomic mass is 9.32. The number of aromatic hydroxyl groups is 2. The summed E-state index contributed by atoms with van der Waals surface area (Å²) in [5.41, 5.74) is 6.60. The fourth-order valence-corrected chi connectivity index (χ4v) is 11.3. The van der Waals surface area contributed by atoms with Gasteiger partial charge in [0.25, 0.3) is 0 Å². The van der Waals surface area contributed by atoms with Crippen molar-refractivity contribution in [3.05, 3.63) is 22.8 Å². The largest absolute Gasteiger partial charge is 0.504 e. The highest BCUT2D eigenvalue weighted by Gasteiger charge is 2.69. The molecule has 5 rings (SSSR count). The van der Waals surface area contributed by atoms with Crippen molar-refractivity contribution in [1.29, 1.82) is 0 Å². The van der Waals surface area contributed by atoms with E-state index in [0.717, 1.165) is 62.3 Å². The first-order valence-corrected chi connectivity index (χ1v) is 15.7. The Labute approximate surface area is 245 Å². The van der Waals surface area contributed by atoms with Gasteiger partial charge in [-0.25, -0.2) is 0 Å². The van der Waals surface area contributed by atoms with Gasteiger partial charge < -0.3 is 15.9 Å². The average molecular weight is 596 g/mol. The molecule has 0 spiro atoms. The number of carbonyl (C=O) groups is 2. The van der Waals surface area contributed by atoms with Gasteiger partial charge in [0.1, 0.15) is 6.42 Å². The van der Waals surface area contributed by atoms with Crippen LogP contribution < -0.4 is 5.73 Å². The second-order valence-corrected chi connectivity index (χ2v) is 16.2. The Morgan fingerprint density at radius 3 is 2.17 bits per heavy atom.